The van der Waals surface area contributed by atoms with Crippen LogP contribution in [0.4, 0.5) is 34.1 Å². The number of para-hydroxylation sites is 3. The fourth-order valence-corrected chi connectivity index (χ4v) is 10.4. The molecule has 0 atom stereocenters. The van der Waals surface area contributed by atoms with E-state index in [1.165, 1.54) is 99.3 Å². The number of nitrogens with zero attached hydrogens (tertiary/aromatic N) is 2. The van der Waals surface area contributed by atoms with Gasteiger partial charge in [0.15, 0.2) is 0 Å². The summed E-state index contributed by atoms with van der Waals surface area (Å²) in [6.45, 7) is 7.01. The second kappa shape index (κ2) is 13.6. The van der Waals surface area contributed by atoms with Crippen molar-refractivity contribution in [2.45, 2.75) is 26.2 Å². The molecule has 0 bridgehead atoms. The van der Waals surface area contributed by atoms with Crippen molar-refractivity contribution in [3.63, 3.8) is 0 Å². The molecule has 0 aliphatic carbocycles. The zero-order valence-electron chi connectivity index (χ0n) is 34.6. The lowest BCUT2D eigenvalue weighted by Gasteiger charge is -2.45. The van der Waals surface area contributed by atoms with Crippen LogP contribution in [-0.2, 0) is 5.41 Å². The number of fused-ring (bicyclic) bond motifs is 7. The number of rotatable bonds is 4. The Morgan fingerprint density at radius 1 is 0.361 bits per heavy atom. The van der Waals surface area contributed by atoms with Crippen molar-refractivity contribution in [3.8, 4) is 22.3 Å². The van der Waals surface area contributed by atoms with Crippen molar-refractivity contribution in [2.75, 3.05) is 9.80 Å². The highest BCUT2D eigenvalue weighted by molar-refractivity contribution is 7.00. The summed E-state index contributed by atoms with van der Waals surface area (Å²) in [5, 5.41) is 7.49. The third-order valence-electron chi connectivity index (χ3n) is 13.1. The topological polar surface area (TPSA) is 6.48 Å². The van der Waals surface area contributed by atoms with Gasteiger partial charge in [-0.2, -0.15) is 0 Å². The molecule has 10 aromatic rings. The largest absolute Gasteiger partial charge is 0.311 e. The number of hydrogen-bond acceptors (Lipinski definition) is 2. The Bertz CT molecular complexity index is 3290. The molecule has 0 unspecified atom stereocenters. The normalized spacial score (nSPS) is 13.1. The number of benzene rings is 10. The summed E-state index contributed by atoms with van der Waals surface area (Å²) in [7, 11) is 0. The van der Waals surface area contributed by atoms with Gasteiger partial charge in [0.2, 0.25) is 0 Å². The summed E-state index contributed by atoms with van der Waals surface area (Å²) >= 11 is 0. The van der Waals surface area contributed by atoms with E-state index < -0.39 is 0 Å². The minimum atomic E-state index is -0.00897. The Morgan fingerprint density at radius 3 is 1.44 bits per heavy atom. The zero-order chi connectivity index (χ0) is 40.8. The quantitative estimate of drug-likeness (QED) is 0.130. The van der Waals surface area contributed by atoms with Gasteiger partial charge < -0.3 is 9.80 Å². The van der Waals surface area contributed by atoms with E-state index in [0.717, 1.165) is 11.4 Å². The fourth-order valence-electron chi connectivity index (χ4n) is 10.4. The standard InChI is InChI=1S/C58H43BN2/c1-58(2,3)42-32-33-52-50(37-42)59-49-28-16-17-29-51(49)60(43-20-6-4-7-21-43)53-35-41(36-54(57(53)59)61(52)44-22-8-5-9-23-44)56-47-26-14-12-24-45(47)55(46-25-13-15-27-48(46)56)40-31-30-38-18-10-11-19-39(38)34-40/h4-37H,1-3H3. The smallest absolute Gasteiger partial charge is 0.252 e. The van der Waals surface area contributed by atoms with Gasteiger partial charge in [0.05, 0.1) is 0 Å². The Balaban J connectivity index is 1.21. The molecule has 2 aliphatic heterocycles. The first kappa shape index (κ1) is 35.6. The minimum absolute atomic E-state index is 0.00897. The summed E-state index contributed by atoms with van der Waals surface area (Å²) in [6.07, 6.45) is 0. The molecule has 0 spiro atoms. The predicted octanol–water partition coefficient (Wildman–Crippen LogP) is 13.9. The molecule has 61 heavy (non-hydrogen) atoms. The molecule has 0 amide bonds. The Hall–Kier alpha value is -7.36. The van der Waals surface area contributed by atoms with Crippen LogP contribution in [0.25, 0.3) is 54.6 Å². The summed E-state index contributed by atoms with van der Waals surface area (Å²) in [4.78, 5) is 5.05. The Morgan fingerprint density at radius 2 is 0.852 bits per heavy atom. The average Bonchev–Trinajstić information content (AvgIpc) is 3.30. The first-order valence-electron chi connectivity index (χ1n) is 21.5. The summed E-state index contributed by atoms with van der Waals surface area (Å²) in [5.74, 6) is 0. The third kappa shape index (κ3) is 5.50. The van der Waals surface area contributed by atoms with E-state index in [-0.39, 0.29) is 12.1 Å². The van der Waals surface area contributed by atoms with Crippen LogP contribution < -0.4 is 26.2 Å². The van der Waals surface area contributed by atoms with Gasteiger partial charge in [0, 0.05) is 34.1 Å². The van der Waals surface area contributed by atoms with Crippen molar-refractivity contribution in [3.05, 3.63) is 212 Å². The first-order chi connectivity index (χ1) is 29.9. The van der Waals surface area contributed by atoms with E-state index >= 15 is 0 Å². The SMILES string of the molecule is CC(C)(C)c1ccc2c(c1)B1c3ccccc3N(c3ccccc3)c3cc(-c4c5ccccc5c(-c5ccc6ccccc6c5)c5ccccc45)cc(c31)N2c1ccccc1. The van der Waals surface area contributed by atoms with E-state index in [2.05, 4.69) is 237 Å². The highest BCUT2D eigenvalue weighted by Crippen LogP contribution is 2.50. The molecule has 2 aliphatic rings. The lowest BCUT2D eigenvalue weighted by molar-refractivity contribution is 0.591. The zero-order valence-corrected chi connectivity index (χ0v) is 34.6. The second-order valence-electron chi connectivity index (χ2n) is 17.7. The van der Waals surface area contributed by atoms with E-state index in [1.54, 1.807) is 0 Å². The highest BCUT2D eigenvalue weighted by atomic mass is 15.2. The van der Waals surface area contributed by atoms with Crippen molar-refractivity contribution < 1.29 is 0 Å². The van der Waals surface area contributed by atoms with Crippen LogP contribution in [-0.4, -0.2) is 6.71 Å². The van der Waals surface area contributed by atoms with Crippen LogP contribution in [0.3, 0.4) is 0 Å². The number of hydrogen-bond donors (Lipinski definition) is 0. The molecular weight excluding hydrogens is 735 g/mol. The van der Waals surface area contributed by atoms with Crippen molar-refractivity contribution >= 4 is 89.5 Å². The molecule has 3 heteroatoms. The first-order valence-corrected chi connectivity index (χ1v) is 21.5. The Kier molecular flexibility index (Phi) is 7.93. The molecule has 0 saturated carbocycles. The highest BCUT2D eigenvalue weighted by Gasteiger charge is 2.44. The number of anilines is 6. The third-order valence-corrected chi connectivity index (χ3v) is 13.1. The molecule has 2 heterocycles. The predicted molar refractivity (Wildman–Crippen MR) is 263 cm³/mol. The molecule has 288 valence electrons. The molecule has 0 aromatic heterocycles. The van der Waals surface area contributed by atoms with Crippen LogP contribution in [0, 0.1) is 0 Å². The summed E-state index contributed by atoms with van der Waals surface area (Å²) < 4.78 is 0. The van der Waals surface area contributed by atoms with E-state index in [0.29, 0.717) is 0 Å². The van der Waals surface area contributed by atoms with Gasteiger partial charge in [-0.05, 0) is 137 Å². The Labute approximate surface area is 358 Å². The molecule has 10 aromatic carbocycles. The van der Waals surface area contributed by atoms with E-state index in [9.17, 15) is 0 Å². The summed E-state index contributed by atoms with van der Waals surface area (Å²) in [5.41, 5.74) is 17.4. The molecular formula is C58H43BN2. The molecule has 2 nitrogen and oxygen atoms in total. The van der Waals surface area contributed by atoms with Gasteiger partial charge in [-0.1, -0.05) is 172 Å². The maximum absolute atomic E-state index is 2.53. The van der Waals surface area contributed by atoms with Gasteiger partial charge in [-0.25, -0.2) is 0 Å². The van der Waals surface area contributed by atoms with Crippen molar-refractivity contribution in [2.24, 2.45) is 0 Å². The molecule has 0 radical (unpaired) electrons. The molecule has 0 saturated heterocycles. The maximum atomic E-state index is 2.53. The van der Waals surface area contributed by atoms with E-state index in [4.69, 9.17) is 0 Å². The molecule has 0 N–H and O–H groups in total. The average molecular weight is 779 g/mol. The van der Waals surface area contributed by atoms with Gasteiger partial charge >= 0.3 is 0 Å². The van der Waals surface area contributed by atoms with Crippen LogP contribution in [0.2, 0.25) is 0 Å². The monoisotopic (exact) mass is 778 g/mol. The minimum Gasteiger partial charge on any atom is -0.311 e. The van der Waals surface area contributed by atoms with E-state index in [1.807, 2.05) is 0 Å². The lowest BCUT2D eigenvalue weighted by Crippen LogP contribution is -2.61. The van der Waals surface area contributed by atoms with Crippen LogP contribution in [0.15, 0.2) is 206 Å². The van der Waals surface area contributed by atoms with Crippen LogP contribution in [0.5, 0.6) is 0 Å². The van der Waals surface area contributed by atoms with Crippen molar-refractivity contribution in [1.82, 2.24) is 0 Å². The van der Waals surface area contributed by atoms with Gasteiger partial charge in [0.25, 0.3) is 6.71 Å². The van der Waals surface area contributed by atoms with Gasteiger partial charge in [-0.3, -0.25) is 0 Å². The van der Waals surface area contributed by atoms with Crippen LogP contribution in [0.1, 0.15) is 26.3 Å². The van der Waals surface area contributed by atoms with Crippen molar-refractivity contribution in [1.29, 1.82) is 0 Å². The molecule has 12 rings (SSSR count). The molecule has 0 fully saturated rings. The lowest BCUT2D eigenvalue weighted by atomic mass is 9.33. The summed E-state index contributed by atoms with van der Waals surface area (Å²) in [6, 6.07) is 76.9. The fraction of sp³-hybridized carbons (Fsp3) is 0.0690. The van der Waals surface area contributed by atoms with Gasteiger partial charge in [0.1, 0.15) is 0 Å². The maximum Gasteiger partial charge on any atom is 0.252 e. The van der Waals surface area contributed by atoms with Crippen LogP contribution >= 0.6 is 0 Å². The second-order valence-corrected chi connectivity index (χ2v) is 17.7. The van der Waals surface area contributed by atoms with Gasteiger partial charge in [-0.15, -0.1) is 0 Å².